The predicted molar refractivity (Wildman–Crippen MR) is 120 cm³/mol. The third kappa shape index (κ3) is 5.72. The minimum atomic E-state index is -3.56. The van der Waals surface area contributed by atoms with E-state index in [0.717, 1.165) is 41.0 Å². The minimum absolute atomic E-state index is 0.157. The van der Waals surface area contributed by atoms with Gasteiger partial charge in [0.05, 0.1) is 17.6 Å². The van der Waals surface area contributed by atoms with Crippen LogP contribution in [-0.4, -0.2) is 33.2 Å². The summed E-state index contributed by atoms with van der Waals surface area (Å²) in [5.41, 5.74) is 2.25. The molecule has 0 radical (unpaired) electrons. The molecule has 1 aliphatic rings. The number of ether oxygens (including phenoxy) is 2. The van der Waals surface area contributed by atoms with Crippen LogP contribution in [0.1, 0.15) is 42.9 Å². The highest BCUT2D eigenvalue weighted by atomic mass is 32.2. The first kappa shape index (κ1) is 22.1. The van der Waals surface area contributed by atoms with E-state index in [1.54, 1.807) is 12.1 Å². The monoisotopic (exact) mass is 432 g/mol. The zero-order valence-corrected chi connectivity index (χ0v) is 18.6. The highest BCUT2D eigenvalue weighted by Gasteiger charge is 2.30. The highest BCUT2D eigenvalue weighted by molar-refractivity contribution is 7.91. The first-order chi connectivity index (χ1) is 13.9. The van der Waals surface area contributed by atoms with Gasteiger partial charge in [-0.25, -0.2) is 8.42 Å². The zero-order valence-electron chi connectivity index (χ0n) is 16.9. The molecule has 0 aliphatic carbocycles. The third-order valence-electron chi connectivity index (χ3n) is 4.99. The van der Waals surface area contributed by atoms with Crippen molar-refractivity contribution in [3.05, 3.63) is 59.2 Å². The van der Waals surface area contributed by atoms with Crippen LogP contribution in [0.25, 0.3) is 12.2 Å². The van der Waals surface area contributed by atoms with Crippen LogP contribution in [0.15, 0.2) is 52.3 Å². The van der Waals surface area contributed by atoms with E-state index >= 15 is 0 Å². The van der Waals surface area contributed by atoms with Crippen molar-refractivity contribution in [3.8, 4) is 0 Å². The normalized spacial score (nSPS) is 18.8. The van der Waals surface area contributed by atoms with Gasteiger partial charge >= 0.3 is 0 Å². The molecule has 1 heterocycles. The molecule has 1 saturated heterocycles. The van der Waals surface area contributed by atoms with Crippen LogP contribution in [0, 0.1) is 6.92 Å². The van der Waals surface area contributed by atoms with Crippen molar-refractivity contribution in [2.45, 2.75) is 54.4 Å². The topological polar surface area (TPSA) is 52.6 Å². The second-order valence-electron chi connectivity index (χ2n) is 7.32. The average molecular weight is 433 g/mol. The van der Waals surface area contributed by atoms with Crippen molar-refractivity contribution in [2.24, 2.45) is 0 Å². The molecule has 2 aromatic rings. The first-order valence-corrected chi connectivity index (χ1v) is 11.9. The summed E-state index contributed by atoms with van der Waals surface area (Å²) in [6.45, 7) is 5.04. The molecule has 0 amide bonds. The molecule has 1 fully saturated rings. The van der Waals surface area contributed by atoms with Gasteiger partial charge in [-0.3, -0.25) is 0 Å². The molecule has 29 heavy (non-hydrogen) atoms. The Balaban J connectivity index is 1.72. The quantitative estimate of drug-likeness (QED) is 0.485. The van der Waals surface area contributed by atoms with E-state index in [1.807, 2.05) is 56.3 Å². The molecule has 4 nitrogen and oxygen atoms in total. The van der Waals surface area contributed by atoms with E-state index in [4.69, 9.17) is 9.47 Å². The molecule has 0 spiro atoms. The van der Waals surface area contributed by atoms with Gasteiger partial charge in [-0.2, -0.15) is 0 Å². The summed E-state index contributed by atoms with van der Waals surface area (Å²) >= 11 is 4.50. The second-order valence-corrected chi connectivity index (χ2v) is 9.89. The Bertz CT molecular complexity index is 943. The van der Waals surface area contributed by atoms with Crippen LogP contribution in [0.2, 0.25) is 0 Å². The molecule has 156 valence electrons. The molecular formula is C23H28O4S2. The smallest absolute Gasteiger partial charge is 0.205 e. The van der Waals surface area contributed by atoms with Crippen molar-refractivity contribution in [3.63, 3.8) is 0 Å². The molecule has 6 heteroatoms. The molecule has 3 rings (SSSR count). The van der Waals surface area contributed by atoms with E-state index in [1.165, 1.54) is 0 Å². The number of rotatable bonds is 7. The maximum absolute atomic E-state index is 13.0. The molecule has 0 aromatic heterocycles. The lowest BCUT2D eigenvalue weighted by Gasteiger charge is -2.27. The summed E-state index contributed by atoms with van der Waals surface area (Å²) in [6.07, 6.45) is 5.91. The number of sulfone groups is 1. The van der Waals surface area contributed by atoms with Gasteiger partial charge in [-0.05, 0) is 61.1 Å². The van der Waals surface area contributed by atoms with Crippen molar-refractivity contribution in [1.29, 1.82) is 0 Å². The van der Waals surface area contributed by atoms with Gasteiger partial charge in [-0.15, -0.1) is 12.6 Å². The van der Waals surface area contributed by atoms with E-state index in [-0.39, 0.29) is 11.0 Å². The van der Waals surface area contributed by atoms with E-state index in [0.29, 0.717) is 13.0 Å². The van der Waals surface area contributed by atoms with Gasteiger partial charge in [-0.1, -0.05) is 43.3 Å². The fourth-order valence-electron chi connectivity index (χ4n) is 3.32. The summed E-state index contributed by atoms with van der Waals surface area (Å²) in [7, 11) is -3.56. The first-order valence-electron chi connectivity index (χ1n) is 9.95. The molecular weight excluding hydrogens is 404 g/mol. The number of hydrogen-bond donors (Lipinski definition) is 1. The van der Waals surface area contributed by atoms with Crippen LogP contribution < -0.4 is 0 Å². The number of thiol groups is 1. The molecule has 1 aliphatic heterocycles. The molecule has 0 bridgehead atoms. The highest BCUT2D eigenvalue weighted by Crippen LogP contribution is 2.24. The largest absolute Gasteiger partial charge is 0.379 e. The van der Waals surface area contributed by atoms with E-state index < -0.39 is 15.3 Å². The van der Waals surface area contributed by atoms with Crippen LogP contribution in [0.3, 0.4) is 0 Å². The number of aryl methyl sites for hydroxylation is 1. The van der Waals surface area contributed by atoms with Crippen LogP contribution >= 0.6 is 12.6 Å². The van der Waals surface area contributed by atoms with Crippen LogP contribution in [-0.2, 0) is 19.3 Å². The molecule has 2 atom stereocenters. The summed E-state index contributed by atoms with van der Waals surface area (Å²) in [5, 5.41) is 0. The number of benzene rings is 2. The fourth-order valence-corrected chi connectivity index (χ4v) is 5.24. The molecule has 2 unspecified atom stereocenters. The van der Waals surface area contributed by atoms with Crippen LogP contribution in [0.4, 0.5) is 0 Å². The Morgan fingerprint density at radius 1 is 1.21 bits per heavy atom. The zero-order chi connectivity index (χ0) is 20.9. The second kappa shape index (κ2) is 9.94. The lowest BCUT2D eigenvalue weighted by molar-refractivity contribution is -0.0617. The van der Waals surface area contributed by atoms with Crippen molar-refractivity contribution in [2.75, 3.05) is 13.2 Å². The van der Waals surface area contributed by atoms with Gasteiger partial charge < -0.3 is 9.47 Å². The summed E-state index contributed by atoms with van der Waals surface area (Å²) in [5.74, 6) is 0. The average Bonchev–Trinajstić information content (AvgIpc) is 2.72. The van der Waals surface area contributed by atoms with Gasteiger partial charge in [0.1, 0.15) is 0 Å². The minimum Gasteiger partial charge on any atom is -0.379 e. The Labute approximate surface area is 179 Å². The lowest BCUT2D eigenvalue weighted by atomic mass is 10.1. The SMILES string of the molecule is CCC(OC1CCCOC1)S(=O)(=O)c1ccc(C=Cc2ccc(C)cc2S)cc1. The Hall–Kier alpha value is -1.60. The summed E-state index contributed by atoms with van der Waals surface area (Å²) in [6, 6.07) is 13.0. The van der Waals surface area contributed by atoms with Crippen molar-refractivity contribution in [1.82, 2.24) is 0 Å². The Kier molecular flexibility index (Phi) is 7.57. The standard InChI is InChI=1S/C23H28O4S2/c1-3-23(27-20-5-4-14-26-16-20)29(24,25)21-12-8-18(9-13-21)7-11-19-10-6-17(2)15-22(19)28/h6-13,15,20,23,28H,3-5,14,16H2,1-2H3. The summed E-state index contributed by atoms with van der Waals surface area (Å²) in [4.78, 5) is 1.19. The van der Waals surface area contributed by atoms with Crippen LogP contribution in [0.5, 0.6) is 0 Å². The van der Waals surface area contributed by atoms with Gasteiger partial charge in [0, 0.05) is 11.5 Å². The number of hydrogen-bond acceptors (Lipinski definition) is 5. The van der Waals surface area contributed by atoms with Gasteiger partial charge in [0.2, 0.25) is 9.84 Å². The molecule has 2 aromatic carbocycles. The Morgan fingerprint density at radius 2 is 1.97 bits per heavy atom. The van der Waals surface area contributed by atoms with E-state index in [9.17, 15) is 8.42 Å². The molecule has 0 saturated carbocycles. The fraction of sp³-hybridized carbons (Fsp3) is 0.391. The van der Waals surface area contributed by atoms with Crippen molar-refractivity contribution >= 4 is 34.6 Å². The van der Waals surface area contributed by atoms with Gasteiger partial charge in [0.25, 0.3) is 0 Å². The van der Waals surface area contributed by atoms with Gasteiger partial charge in [0.15, 0.2) is 5.44 Å². The predicted octanol–water partition coefficient (Wildman–Crippen LogP) is 5.16. The molecule has 0 N–H and O–H groups in total. The summed E-state index contributed by atoms with van der Waals surface area (Å²) < 4.78 is 37.3. The maximum Gasteiger partial charge on any atom is 0.205 e. The maximum atomic E-state index is 13.0. The van der Waals surface area contributed by atoms with E-state index in [2.05, 4.69) is 12.6 Å². The van der Waals surface area contributed by atoms with Crippen molar-refractivity contribution < 1.29 is 17.9 Å². The lowest BCUT2D eigenvalue weighted by Crippen LogP contribution is -2.34. The Morgan fingerprint density at radius 3 is 2.59 bits per heavy atom. The third-order valence-corrected chi connectivity index (χ3v) is 7.45.